The molecule has 2 nitrogen and oxygen atoms in total. The molecule has 3 aliphatic rings. The fraction of sp³-hybridized carbons (Fsp3) is 0.929. The van der Waals surface area contributed by atoms with Gasteiger partial charge in [-0.2, -0.15) is 0 Å². The molecule has 102 valence electrons. The fourth-order valence-corrected chi connectivity index (χ4v) is 5.30. The van der Waals surface area contributed by atoms with Gasteiger partial charge in [-0.15, -0.1) is 11.6 Å². The van der Waals surface area contributed by atoms with E-state index >= 15 is 0 Å². The quantitative estimate of drug-likeness (QED) is 0.718. The fourth-order valence-electron chi connectivity index (χ4n) is 4.02. The van der Waals surface area contributed by atoms with Crippen LogP contribution in [0.4, 0.5) is 0 Å². The molecular weight excluding hydrogens is 266 g/mol. The molecule has 0 aromatic rings. The second-order valence-electron chi connectivity index (χ2n) is 6.66. The number of ether oxygens (including phenoxy) is 1. The summed E-state index contributed by atoms with van der Waals surface area (Å²) in [5.74, 6) is 3.10. The van der Waals surface area contributed by atoms with Gasteiger partial charge in [0.1, 0.15) is 6.10 Å². The van der Waals surface area contributed by atoms with Gasteiger partial charge in [-0.1, -0.05) is 25.6 Å². The van der Waals surface area contributed by atoms with E-state index in [1.807, 2.05) is 0 Å². The van der Waals surface area contributed by atoms with Crippen LogP contribution in [0.15, 0.2) is 4.99 Å². The molecule has 4 heteroatoms. The molecule has 0 amide bonds. The number of halogens is 1. The summed E-state index contributed by atoms with van der Waals surface area (Å²) in [6, 6.07) is 0. The maximum absolute atomic E-state index is 5.85. The van der Waals surface area contributed by atoms with Crippen LogP contribution in [0, 0.1) is 17.3 Å². The van der Waals surface area contributed by atoms with Crippen LogP contribution in [-0.2, 0) is 4.74 Å². The lowest BCUT2D eigenvalue weighted by atomic mass is 9.64. The Morgan fingerprint density at radius 3 is 2.61 bits per heavy atom. The molecule has 1 heterocycles. The zero-order valence-corrected chi connectivity index (χ0v) is 13.0. The van der Waals surface area contributed by atoms with Crippen molar-refractivity contribution < 1.29 is 4.74 Å². The number of hydrogen-bond donors (Lipinski definition) is 0. The highest BCUT2D eigenvalue weighted by atomic mass is 35.5. The average Bonchev–Trinajstić information content (AvgIpc) is 2.99. The highest BCUT2D eigenvalue weighted by molar-refractivity contribution is 8.13. The van der Waals surface area contributed by atoms with Gasteiger partial charge in [0.2, 0.25) is 5.23 Å². The molecular formula is C14H22ClNOS. The van der Waals surface area contributed by atoms with Crippen molar-refractivity contribution in [3.05, 3.63) is 0 Å². The summed E-state index contributed by atoms with van der Waals surface area (Å²) in [5, 5.41) is 0.878. The summed E-state index contributed by atoms with van der Waals surface area (Å²) < 4.78 is 5.82. The first-order valence-corrected chi connectivity index (χ1v) is 8.44. The Hall–Kier alpha value is 0.110. The molecule has 0 spiro atoms. The summed E-state index contributed by atoms with van der Waals surface area (Å²) in [7, 11) is 0. The van der Waals surface area contributed by atoms with E-state index < -0.39 is 0 Å². The molecule has 0 aromatic heterocycles. The standard InChI is InChI=1S/C14H22ClNOS/c1-13(2)9-4-5-10(6-9)14(13,3)16-12-17-11(7-15)8-18-12/h9-11H,4-8H2,1-3H3/t9-,10-,11+,14+/m0/s1. The van der Waals surface area contributed by atoms with Gasteiger partial charge in [0.15, 0.2) is 0 Å². The second kappa shape index (κ2) is 4.31. The van der Waals surface area contributed by atoms with E-state index in [-0.39, 0.29) is 11.6 Å². The summed E-state index contributed by atoms with van der Waals surface area (Å²) in [6.07, 6.45) is 4.23. The van der Waals surface area contributed by atoms with Gasteiger partial charge in [0, 0.05) is 5.75 Å². The van der Waals surface area contributed by atoms with Crippen molar-refractivity contribution >= 4 is 28.6 Å². The zero-order valence-electron chi connectivity index (χ0n) is 11.4. The van der Waals surface area contributed by atoms with E-state index in [4.69, 9.17) is 21.3 Å². The van der Waals surface area contributed by atoms with Crippen LogP contribution < -0.4 is 0 Å². The summed E-state index contributed by atoms with van der Waals surface area (Å²) in [4.78, 5) is 5.04. The molecule has 3 fully saturated rings. The molecule has 2 saturated carbocycles. The van der Waals surface area contributed by atoms with E-state index in [9.17, 15) is 0 Å². The predicted octanol–water partition coefficient (Wildman–Crippen LogP) is 3.93. The van der Waals surface area contributed by atoms with Gasteiger partial charge >= 0.3 is 0 Å². The van der Waals surface area contributed by atoms with E-state index in [2.05, 4.69) is 20.8 Å². The topological polar surface area (TPSA) is 21.6 Å². The number of nitrogens with zero attached hydrogens (tertiary/aromatic N) is 1. The molecule has 0 radical (unpaired) electrons. The van der Waals surface area contributed by atoms with Crippen LogP contribution in [0.3, 0.4) is 0 Å². The molecule has 1 aliphatic heterocycles. The minimum atomic E-state index is 0.0550. The minimum absolute atomic E-state index is 0.0550. The van der Waals surface area contributed by atoms with Gasteiger partial charge in [-0.05, 0) is 43.4 Å². The van der Waals surface area contributed by atoms with Gasteiger partial charge < -0.3 is 4.74 Å². The number of fused-ring (bicyclic) bond motifs is 2. The van der Waals surface area contributed by atoms with Crippen molar-refractivity contribution in [1.82, 2.24) is 0 Å². The van der Waals surface area contributed by atoms with E-state index in [1.165, 1.54) is 19.3 Å². The smallest absolute Gasteiger partial charge is 0.246 e. The Bertz CT molecular complexity index is 384. The number of rotatable bonds is 2. The Kier molecular flexibility index (Phi) is 3.14. The van der Waals surface area contributed by atoms with Crippen LogP contribution >= 0.6 is 23.4 Å². The van der Waals surface area contributed by atoms with Crippen LogP contribution in [0.25, 0.3) is 0 Å². The zero-order chi connectivity index (χ0) is 13.0. The maximum atomic E-state index is 5.85. The van der Waals surface area contributed by atoms with Gasteiger partial charge in [-0.25, -0.2) is 4.99 Å². The molecule has 0 unspecified atom stereocenters. The van der Waals surface area contributed by atoms with Gasteiger partial charge in [0.25, 0.3) is 0 Å². The molecule has 0 N–H and O–H groups in total. The van der Waals surface area contributed by atoms with E-state index in [1.54, 1.807) is 11.8 Å². The maximum Gasteiger partial charge on any atom is 0.246 e. The van der Waals surface area contributed by atoms with Gasteiger partial charge in [-0.3, -0.25) is 0 Å². The second-order valence-corrected chi connectivity index (χ2v) is 7.94. The molecule has 18 heavy (non-hydrogen) atoms. The lowest BCUT2D eigenvalue weighted by Gasteiger charge is -2.44. The number of thioether (sulfide) groups is 1. The average molecular weight is 288 g/mol. The Morgan fingerprint density at radius 2 is 2.06 bits per heavy atom. The van der Waals surface area contributed by atoms with Crippen LogP contribution in [0.5, 0.6) is 0 Å². The third kappa shape index (κ3) is 1.73. The van der Waals surface area contributed by atoms with Crippen molar-refractivity contribution in [3.63, 3.8) is 0 Å². The number of alkyl halides is 1. The SMILES string of the molecule is CC1(C)[C@H]2CC[C@@H](C2)[C@@]1(C)N=C1O[C@H](CCl)CS1. The minimum Gasteiger partial charge on any atom is -0.468 e. The number of hydrogen-bond acceptors (Lipinski definition) is 3. The first-order valence-electron chi connectivity index (χ1n) is 6.92. The largest absolute Gasteiger partial charge is 0.468 e. The monoisotopic (exact) mass is 287 g/mol. The van der Waals surface area contributed by atoms with Crippen molar-refractivity contribution in [3.8, 4) is 0 Å². The molecule has 4 atom stereocenters. The normalized spacial score (nSPS) is 47.8. The van der Waals surface area contributed by atoms with E-state index in [0.29, 0.717) is 11.3 Å². The Labute approximate surface area is 119 Å². The number of aliphatic imine (C=N–C) groups is 1. The highest BCUT2D eigenvalue weighted by Crippen LogP contribution is 2.63. The summed E-state index contributed by atoms with van der Waals surface area (Å²) in [5.41, 5.74) is 0.353. The molecule has 0 aromatic carbocycles. The molecule has 1 saturated heterocycles. The third-order valence-corrected chi connectivity index (χ3v) is 7.03. The Morgan fingerprint density at radius 1 is 1.33 bits per heavy atom. The summed E-state index contributed by atoms with van der Waals surface area (Å²) >= 11 is 7.58. The Balaban J connectivity index is 1.85. The molecule has 3 rings (SSSR count). The highest BCUT2D eigenvalue weighted by Gasteiger charge is 2.60. The van der Waals surface area contributed by atoms with Crippen LogP contribution in [-0.4, -0.2) is 28.5 Å². The molecule has 2 bridgehead atoms. The first kappa shape index (κ1) is 13.1. The lowest BCUT2D eigenvalue weighted by molar-refractivity contribution is 0.100. The van der Waals surface area contributed by atoms with Crippen LogP contribution in [0.2, 0.25) is 0 Å². The predicted molar refractivity (Wildman–Crippen MR) is 78.5 cm³/mol. The van der Waals surface area contributed by atoms with Crippen LogP contribution in [0.1, 0.15) is 40.0 Å². The van der Waals surface area contributed by atoms with Crippen molar-refractivity contribution in [2.45, 2.75) is 51.7 Å². The van der Waals surface area contributed by atoms with Gasteiger partial charge in [0.05, 0.1) is 11.4 Å². The summed E-state index contributed by atoms with van der Waals surface area (Å²) in [6.45, 7) is 7.11. The van der Waals surface area contributed by atoms with Crippen molar-refractivity contribution in [2.75, 3.05) is 11.6 Å². The molecule has 2 aliphatic carbocycles. The van der Waals surface area contributed by atoms with E-state index in [0.717, 1.165) is 22.8 Å². The lowest BCUT2D eigenvalue weighted by Crippen LogP contribution is -2.45. The van der Waals surface area contributed by atoms with Crippen molar-refractivity contribution in [2.24, 2.45) is 22.2 Å². The van der Waals surface area contributed by atoms with Crippen molar-refractivity contribution in [1.29, 1.82) is 0 Å². The third-order valence-electron chi connectivity index (χ3n) is 5.71. The first-order chi connectivity index (χ1) is 8.47.